The van der Waals surface area contributed by atoms with Gasteiger partial charge in [-0.1, -0.05) is 106 Å². The summed E-state index contributed by atoms with van der Waals surface area (Å²) < 4.78 is 52.1. The van der Waals surface area contributed by atoms with E-state index in [1.807, 2.05) is 67.6 Å². The molecule has 0 aliphatic heterocycles. The standard InChI is InChI=1S/C58H73F2N4O12P/c1-7-38-23-27-40(28-24-38)54(69)61-31-15-13-22-49(51(66)33-37(3)53(68)63-48(50(65)8-2)21-14-16-32-62-56(71)76-57(4,5)6)64-55(70)41(34-39-25-29-42(30-26-39)58(59,60)77(72,73)74)35-52(67)75-36-47-45-19-11-9-17-43(45)44-18-10-12-20-46(44)47/h9-12,17-20,23-30,37,41,47-49H,7-8,13-16,21-22,31-36H2,1-6H3,(H,61,69)(H,62,71)(H,63,68)(H,64,70)(H2,72,73,74). The molecule has 416 valence electrons. The van der Waals surface area contributed by atoms with Gasteiger partial charge in [0.2, 0.25) is 11.8 Å². The minimum Gasteiger partial charge on any atom is -0.465 e. The molecule has 4 atom stereocenters. The molecule has 0 heterocycles. The van der Waals surface area contributed by atoms with E-state index in [0.717, 1.165) is 46.4 Å². The van der Waals surface area contributed by atoms with Crippen molar-refractivity contribution in [2.45, 2.75) is 141 Å². The lowest BCUT2D eigenvalue weighted by Crippen LogP contribution is -2.47. The third kappa shape index (κ3) is 18.0. The molecule has 4 unspecified atom stereocenters. The van der Waals surface area contributed by atoms with Crippen LogP contribution in [0.15, 0.2) is 97.1 Å². The van der Waals surface area contributed by atoms with Crippen molar-refractivity contribution in [2.75, 3.05) is 19.7 Å². The van der Waals surface area contributed by atoms with Gasteiger partial charge in [-0.25, -0.2) is 4.79 Å². The second-order valence-electron chi connectivity index (χ2n) is 20.5. The molecule has 77 heavy (non-hydrogen) atoms. The number of alkyl carbamates (subject to hydrolysis) is 1. The van der Waals surface area contributed by atoms with Crippen molar-refractivity contribution in [3.63, 3.8) is 0 Å². The smallest absolute Gasteiger partial charge is 0.407 e. The molecule has 4 aromatic rings. The van der Waals surface area contributed by atoms with Crippen molar-refractivity contribution in [3.8, 4) is 11.1 Å². The van der Waals surface area contributed by atoms with E-state index < -0.39 is 84.4 Å². The first kappa shape index (κ1) is 61.2. The molecule has 0 radical (unpaired) electrons. The summed E-state index contributed by atoms with van der Waals surface area (Å²) in [7, 11) is -5.90. The number of rotatable bonds is 29. The van der Waals surface area contributed by atoms with Crippen molar-refractivity contribution in [1.82, 2.24) is 21.3 Å². The summed E-state index contributed by atoms with van der Waals surface area (Å²) in [6, 6.07) is 24.6. The Hall–Kier alpha value is -6.62. The first-order valence-corrected chi connectivity index (χ1v) is 27.9. The fourth-order valence-electron chi connectivity index (χ4n) is 9.09. The highest BCUT2D eigenvalue weighted by Crippen LogP contribution is 2.59. The molecule has 0 spiro atoms. The van der Waals surface area contributed by atoms with Gasteiger partial charge in [-0.05, 0) is 118 Å². The molecular weight excluding hydrogens is 1010 g/mol. The molecule has 0 fully saturated rings. The fourth-order valence-corrected chi connectivity index (χ4v) is 9.57. The van der Waals surface area contributed by atoms with E-state index in [-0.39, 0.29) is 75.0 Å². The van der Waals surface area contributed by atoms with Crippen LogP contribution in [0.25, 0.3) is 11.1 Å². The van der Waals surface area contributed by atoms with Crippen LogP contribution in [0.3, 0.4) is 0 Å². The maximum Gasteiger partial charge on any atom is 0.407 e. The van der Waals surface area contributed by atoms with E-state index >= 15 is 0 Å². The van der Waals surface area contributed by atoms with Gasteiger partial charge < -0.3 is 40.5 Å². The van der Waals surface area contributed by atoms with Crippen LogP contribution in [0.2, 0.25) is 0 Å². The molecule has 6 N–H and O–H groups in total. The van der Waals surface area contributed by atoms with Gasteiger partial charge in [-0.3, -0.25) is 33.3 Å². The number of nitrogens with one attached hydrogen (secondary N) is 4. The van der Waals surface area contributed by atoms with E-state index in [9.17, 15) is 56.7 Å². The molecule has 19 heteroatoms. The maximum atomic E-state index is 14.7. The summed E-state index contributed by atoms with van der Waals surface area (Å²) in [5.41, 5.74) is -0.427. The molecule has 1 aliphatic rings. The van der Waals surface area contributed by atoms with Crippen LogP contribution >= 0.6 is 7.60 Å². The number of carbonyl (C=O) groups is 7. The number of benzene rings is 4. The molecule has 0 saturated heterocycles. The summed E-state index contributed by atoms with van der Waals surface area (Å²) >= 11 is 0. The molecule has 0 bridgehead atoms. The average Bonchev–Trinajstić information content (AvgIpc) is 3.72. The highest BCUT2D eigenvalue weighted by atomic mass is 31.2. The Balaban J connectivity index is 1.32. The number of aryl methyl sites for hydroxylation is 1. The Morgan fingerprint density at radius 3 is 1.75 bits per heavy atom. The van der Waals surface area contributed by atoms with Crippen LogP contribution in [0.5, 0.6) is 0 Å². The zero-order valence-electron chi connectivity index (χ0n) is 44.7. The van der Waals surface area contributed by atoms with Crippen molar-refractivity contribution in [2.24, 2.45) is 11.8 Å². The third-order valence-corrected chi connectivity index (χ3v) is 14.4. The molecule has 0 saturated carbocycles. The lowest BCUT2D eigenvalue weighted by Gasteiger charge is -2.24. The van der Waals surface area contributed by atoms with Crippen LogP contribution < -0.4 is 21.3 Å². The number of carbonyl (C=O) groups excluding carboxylic acids is 7. The molecule has 5 rings (SSSR count). The number of esters is 1. The lowest BCUT2D eigenvalue weighted by molar-refractivity contribution is -0.147. The zero-order chi connectivity index (χ0) is 56.5. The van der Waals surface area contributed by atoms with Crippen LogP contribution in [0.1, 0.15) is 143 Å². The quantitative estimate of drug-likeness (QED) is 0.0169. The number of Topliss-reactive ketones (excluding diaryl/α,β-unsaturated/α-hetero) is 2. The predicted molar refractivity (Wildman–Crippen MR) is 287 cm³/mol. The topological polar surface area (TPSA) is 244 Å². The molecular formula is C58H73F2N4O12P. The van der Waals surface area contributed by atoms with E-state index in [0.29, 0.717) is 31.2 Å². The zero-order valence-corrected chi connectivity index (χ0v) is 45.6. The molecule has 0 aromatic heterocycles. The fraction of sp³-hybridized carbons (Fsp3) is 0.466. The van der Waals surface area contributed by atoms with Gasteiger partial charge in [0.1, 0.15) is 12.2 Å². The van der Waals surface area contributed by atoms with Crippen LogP contribution in [-0.2, 0) is 56.5 Å². The Morgan fingerprint density at radius 2 is 1.21 bits per heavy atom. The van der Waals surface area contributed by atoms with Crippen LogP contribution in [0.4, 0.5) is 13.6 Å². The average molecular weight is 1090 g/mol. The van der Waals surface area contributed by atoms with Gasteiger partial charge in [0.05, 0.1) is 24.4 Å². The Labute approximate surface area is 449 Å². The molecule has 16 nitrogen and oxygen atoms in total. The second-order valence-corrected chi connectivity index (χ2v) is 22.2. The van der Waals surface area contributed by atoms with Crippen LogP contribution in [-0.4, -0.2) is 88.5 Å². The summed E-state index contributed by atoms with van der Waals surface area (Å²) in [5.74, 6) is -5.68. The number of ether oxygens (including phenoxy) is 2. The molecule has 4 amide bonds. The number of hydrogen-bond acceptors (Lipinski definition) is 10. The minimum absolute atomic E-state index is 0.0536. The third-order valence-electron chi connectivity index (χ3n) is 13.4. The number of halogens is 2. The molecule has 1 aliphatic carbocycles. The predicted octanol–water partition coefficient (Wildman–Crippen LogP) is 9.22. The van der Waals surface area contributed by atoms with E-state index in [1.54, 1.807) is 39.8 Å². The number of amides is 4. The first-order chi connectivity index (χ1) is 36.4. The minimum atomic E-state index is -5.90. The van der Waals surface area contributed by atoms with Gasteiger partial charge in [0.25, 0.3) is 5.91 Å². The van der Waals surface area contributed by atoms with Gasteiger partial charge >= 0.3 is 25.3 Å². The Kier molecular flexibility index (Phi) is 22.4. The number of hydrogen-bond donors (Lipinski definition) is 6. The lowest BCUT2D eigenvalue weighted by atomic mass is 9.92. The Morgan fingerprint density at radius 1 is 0.675 bits per heavy atom. The van der Waals surface area contributed by atoms with Crippen LogP contribution in [0, 0.1) is 11.8 Å². The van der Waals surface area contributed by atoms with Crippen molar-refractivity contribution >= 4 is 48.9 Å². The number of alkyl halides is 2. The summed E-state index contributed by atoms with van der Waals surface area (Å²) in [6.07, 6.45) is 1.24. The first-order valence-electron chi connectivity index (χ1n) is 26.3. The number of ketones is 2. The second kappa shape index (κ2) is 28.1. The van der Waals surface area contributed by atoms with Crippen molar-refractivity contribution < 1.29 is 66.2 Å². The monoisotopic (exact) mass is 1090 g/mol. The summed E-state index contributed by atoms with van der Waals surface area (Å²) in [6.45, 7) is 10.9. The van der Waals surface area contributed by atoms with Gasteiger partial charge in [-0.2, -0.15) is 8.78 Å². The number of fused-ring (bicyclic) bond motifs is 3. The van der Waals surface area contributed by atoms with Crippen molar-refractivity contribution in [3.05, 3.63) is 130 Å². The van der Waals surface area contributed by atoms with Gasteiger partial charge in [0, 0.05) is 48.9 Å². The number of unbranched alkanes of at least 4 members (excludes halogenated alkanes) is 2. The van der Waals surface area contributed by atoms with E-state index in [2.05, 4.69) is 21.3 Å². The highest BCUT2D eigenvalue weighted by Gasteiger charge is 2.50. The summed E-state index contributed by atoms with van der Waals surface area (Å²) in [4.78, 5) is 113. The molecule has 4 aromatic carbocycles. The van der Waals surface area contributed by atoms with Gasteiger partial charge in [0.15, 0.2) is 11.6 Å². The Bertz CT molecular complexity index is 2700. The maximum absolute atomic E-state index is 14.7. The highest BCUT2D eigenvalue weighted by molar-refractivity contribution is 7.52. The van der Waals surface area contributed by atoms with E-state index in [1.165, 1.54) is 19.1 Å². The summed E-state index contributed by atoms with van der Waals surface area (Å²) in [5, 5.41) is 11.1. The van der Waals surface area contributed by atoms with E-state index in [4.69, 9.17) is 9.47 Å². The van der Waals surface area contributed by atoms with Crippen molar-refractivity contribution in [1.29, 1.82) is 0 Å². The SMILES string of the molecule is CCC(=O)C(CCCCNC(=O)OC(C)(C)C)NC(=O)C(C)CC(=O)C(CCCCNC(=O)c1ccc(CC)cc1)NC(=O)C(CC(=O)OCC1c2ccccc2-c2ccccc21)Cc1ccc(C(F)(F)P(=O)(O)O)cc1. The van der Waals surface area contributed by atoms with Gasteiger partial charge in [-0.15, -0.1) is 0 Å². The normalized spacial score (nSPS) is 13.9. The largest absolute Gasteiger partial charge is 0.465 e.